The van der Waals surface area contributed by atoms with Crippen molar-refractivity contribution in [2.75, 3.05) is 0 Å². The van der Waals surface area contributed by atoms with Crippen LogP contribution in [0.5, 0.6) is 0 Å². The van der Waals surface area contributed by atoms with Crippen molar-refractivity contribution in [1.29, 1.82) is 0 Å². The first-order chi connectivity index (χ1) is 8.38. The molecule has 94 valence electrons. The summed E-state index contributed by atoms with van der Waals surface area (Å²) in [5, 5.41) is 15.8. The number of carboxylic acids is 1. The maximum atomic E-state index is 10.6. The van der Waals surface area contributed by atoms with Crippen LogP contribution in [0.4, 0.5) is 0 Å². The van der Waals surface area contributed by atoms with Gasteiger partial charge in [0.05, 0.1) is 0 Å². The van der Waals surface area contributed by atoms with E-state index in [0.717, 1.165) is 0 Å². The Morgan fingerprint density at radius 2 is 1.78 bits per heavy atom. The predicted octanol–water partition coefficient (Wildman–Crippen LogP) is 2.73. The minimum atomic E-state index is -1.22. The molecule has 5 nitrogen and oxygen atoms in total. The molecule has 0 aliphatic rings. The zero-order valence-electron chi connectivity index (χ0n) is 10.5. The van der Waals surface area contributed by atoms with Gasteiger partial charge in [-0.25, -0.2) is 4.79 Å². The number of carboxylic acid groups (broad SMARTS) is 1. The number of aromatic nitrogens is 2. The molecule has 2 rings (SSSR count). The maximum absolute atomic E-state index is 10.6. The Kier molecular flexibility index (Phi) is 2.90. The van der Waals surface area contributed by atoms with E-state index in [1.807, 2.05) is 24.3 Å². The van der Waals surface area contributed by atoms with Gasteiger partial charge in [0, 0.05) is 5.56 Å². The van der Waals surface area contributed by atoms with E-state index < -0.39 is 11.9 Å². The smallest absolute Gasteiger partial charge is 0.393 e. The molecule has 5 heteroatoms. The van der Waals surface area contributed by atoms with E-state index in [2.05, 4.69) is 31.0 Å². The molecule has 0 fully saturated rings. The van der Waals surface area contributed by atoms with Crippen molar-refractivity contribution in [2.45, 2.75) is 26.2 Å². The van der Waals surface area contributed by atoms with Crippen LogP contribution in [-0.2, 0) is 5.41 Å². The van der Waals surface area contributed by atoms with Crippen molar-refractivity contribution in [3.05, 3.63) is 35.7 Å². The van der Waals surface area contributed by atoms with Gasteiger partial charge >= 0.3 is 11.9 Å². The second kappa shape index (κ2) is 4.25. The summed E-state index contributed by atoms with van der Waals surface area (Å²) in [6.07, 6.45) is 0. The van der Waals surface area contributed by atoms with Crippen LogP contribution in [0.25, 0.3) is 11.5 Å². The van der Waals surface area contributed by atoms with Crippen molar-refractivity contribution in [3.8, 4) is 11.5 Å². The molecule has 0 bridgehead atoms. The van der Waals surface area contributed by atoms with Crippen molar-refractivity contribution < 1.29 is 14.3 Å². The summed E-state index contributed by atoms with van der Waals surface area (Å²) in [5.74, 6) is -1.40. The average molecular weight is 246 g/mol. The van der Waals surface area contributed by atoms with Gasteiger partial charge in [-0.2, -0.15) is 0 Å². The first-order valence-electron chi connectivity index (χ1n) is 5.55. The number of benzene rings is 1. The molecule has 1 aromatic heterocycles. The second-order valence-corrected chi connectivity index (χ2v) is 5.04. The highest BCUT2D eigenvalue weighted by Gasteiger charge is 2.16. The fraction of sp³-hybridized carbons (Fsp3) is 0.308. The summed E-state index contributed by atoms with van der Waals surface area (Å²) < 4.78 is 5.03. The zero-order valence-corrected chi connectivity index (χ0v) is 10.5. The zero-order chi connectivity index (χ0) is 13.3. The average Bonchev–Trinajstić information content (AvgIpc) is 2.77. The summed E-state index contributed by atoms with van der Waals surface area (Å²) in [5.41, 5.74) is 1.96. The lowest BCUT2D eigenvalue weighted by Crippen LogP contribution is -2.10. The van der Waals surface area contributed by atoms with Gasteiger partial charge in [-0.15, -0.1) is 10.2 Å². The highest BCUT2D eigenvalue weighted by atomic mass is 16.4. The summed E-state index contributed by atoms with van der Waals surface area (Å²) in [6.45, 7) is 6.37. The maximum Gasteiger partial charge on any atom is 0.393 e. The van der Waals surface area contributed by atoms with Crippen LogP contribution in [0.2, 0.25) is 0 Å². The molecule has 0 radical (unpaired) electrons. The predicted molar refractivity (Wildman–Crippen MR) is 65.4 cm³/mol. The number of rotatable bonds is 2. The van der Waals surface area contributed by atoms with E-state index in [-0.39, 0.29) is 11.3 Å². The van der Waals surface area contributed by atoms with Crippen LogP contribution in [0.1, 0.15) is 37.0 Å². The molecule has 0 aliphatic carbocycles. The molecule has 0 aliphatic heterocycles. The first kappa shape index (κ1) is 12.3. The minimum absolute atomic E-state index is 0.0690. The van der Waals surface area contributed by atoms with E-state index in [9.17, 15) is 4.79 Å². The fourth-order valence-electron chi connectivity index (χ4n) is 1.54. The Hall–Kier alpha value is -2.17. The van der Waals surface area contributed by atoms with Gasteiger partial charge in [-0.3, -0.25) is 0 Å². The summed E-state index contributed by atoms with van der Waals surface area (Å²) in [4.78, 5) is 10.6. The van der Waals surface area contributed by atoms with Gasteiger partial charge in [-0.05, 0) is 23.1 Å². The quantitative estimate of drug-likeness (QED) is 0.881. The lowest BCUT2D eigenvalue weighted by molar-refractivity contribution is 0.0654. The molecule has 0 saturated carbocycles. The molecular weight excluding hydrogens is 232 g/mol. The highest BCUT2D eigenvalue weighted by Crippen LogP contribution is 2.25. The lowest BCUT2D eigenvalue weighted by atomic mass is 9.87. The number of nitrogens with zero attached hydrogens (tertiary/aromatic N) is 2. The van der Waals surface area contributed by atoms with Crippen LogP contribution in [-0.4, -0.2) is 21.3 Å². The molecule has 18 heavy (non-hydrogen) atoms. The van der Waals surface area contributed by atoms with Gasteiger partial charge in [0.15, 0.2) is 0 Å². The second-order valence-electron chi connectivity index (χ2n) is 5.04. The van der Waals surface area contributed by atoms with Crippen molar-refractivity contribution in [3.63, 3.8) is 0 Å². The third-order valence-electron chi connectivity index (χ3n) is 2.61. The molecule has 0 unspecified atom stereocenters. The van der Waals surface area contributed by atoms with E-state index in [1.165, 1.54) is 5.56 Å². The van der Waals surface area contributed by atoms with Gasteiger partial charge in [0.2, 0.25) is 5.89 Å². The fourth-order valence-corrected chi connectivity index (χ4v) is 1.54. The van der Waals surface area contributed by atoms with Crippen LogP contribution in [0.15, 0.2) is 28.7 Å². The standard InChI is InChI=1S/C13H14N2O3/c1-13(2,3)9-6-4-8(5-7-9)10-14-15-11(18-10)12(16)17/h4-7H,1-3H3,(H,16,17). The molecule has 1 aromatic carbocycles. The highest BCUT2D eigenvalue weighted by molar-refractivity contribution is 5.82. The Bertz CT molecular complexity index is 565. The largest absolute Gasteiger partial charge is 0.474 e. The Morgan fingerprint density at radius 1 is 1.17 bits per heavy atom. The molecule has 1 heterocycles. The molecule has 0 spiro atoms. The van der Waals surface area contributed by atoms with Crippen molar-refractivity contribution >= 4 is 5.97 Å². The molecule has 1 N–H and O–H groups in total. The minimum Gasteiger partial charge on any atom is -0.474 e. The van der Waals surface area contributed by atoms with Gasteiger partial charge < -0.3 is 9.52 Å². The summed E-state index contributed by atoms with van der Waals surface area (Å²) in [7, 11) is 0. The monoisotopic (exact) mass is 246 g/mol. The van der Waals surface area contributed by atoms with E-state index >= 15 is 0 Å². The van der Waals surface area contributed by atoms with E-state index in [1.54, 1.807) is 0 Å². The first-order valence-corrected chi connectivity index (χ1v) is 5.55. The summed E-state index contributed by atoms with van der Waals surface area (Å²) in [6, 6.07) is 7.64. The third kappa shape index (κ3) is 2.40. The number of aromatic carboxylic acids is 1. The van der Waals surface area contributed by atoms with E-state index in [0.29, 0.717) is 5.56 Å². The van der Waals surface area contributed by atoms with Gasteiger partial charge in [-0.1, -0.05) is 32.9 Å². The van der Waals surface area contributed by atoms with Crippen LogP contribution < -0.4 is 0 Å². The third-order valence-corrected chi connectivity index (χ3v) is 2.61. The van der Waals surface area contributed by atoms with E-state index in [4.69, 9.17) is 9.52 Å². The topological polar surface area (TPSA) is 76.2 Å². The molecule has 0 amide bonds. The van der Waals surface area contributed by atoms with Crippen molar-refractivity contribution in [1.82, 2.24) is 10.2 Å². The Morgan fingerprint density at radius 3 is 2.22 bits per heavy atom. The van der Waals surface area contributed by atoms with Gasteiger partial charge in [0.25, 0.3) is 0 Å². The molecule has 2 aromatic rings. The molecular formula is C13H14N2O3. The Labute approximate surface area is 104 Å². The molecule has 0 atom stereocenters. The SMILES string of the molecule is CC(C)(C)c1ccc(-c2nnc(C(=O)O)o2)cc1. The number of hydrogen-bond acceptors (Lipinski definition) is 4. The normalized spacial score (nSPS) is 11.5. The molecule has 0 saturated heterocycles. The van der Waals surface area contributed by atoms with Crippen LogP contribution in [0.3, 0.4) is 0 Å². The van der Waals surface area contributed by atoms with Gasteiger partial charge in [0.1, 0.15) is 0 Å². The number of hydrogen-bond donors (Lipinski definition) is 1. The van der Waals surface area contributed by atoms with Crippen molar-refractivity contribution in [2.24, 2.45) is 0 Å². The lowest BCUT2D eigenvalue weighted by Gasteiger charge is -2.18. The van der Waals surface area contributed by atoms with Crippen LogP contribution >= 0.6 is 0 Å². The Balaban J connectivity index is 2.31. The van der Waals surface area contributed by atoms with Crippen LogP contribution in [0, 0.1) is 0 Å². The number of carbonyl (C=O) groups is 1. The summed E-state index contributed by atoms with van der Waals surface area (Å²) >= 11 is 0.